The summed E-state index contributed by atoms with van der Waals surface area (Å²) in [5.41, 5.74) is 0.757. The number of aromatic nitrogens is 2. The van der Waals surface area contributed by atoms with E-state index in [0.29, 0.717) is 13.1 Å². The minimum absolute atomic E-state index is 0.0889. The van der Waals surface area contributed by atoms with E-state index >= 15 is 0 Å². The average molecular weight is 313 g/mol. The predicted octanol–water partition coefficient (Wildman–Crippen LogP) is 1.84. The Kier molecular flexibility index (Phi) is 4.56. The molecule has 2 heterocycles. The van der Waals surface area contributed by atoms with Gasteiger partial charge in [0.2, 0.25) is 0 Å². The summed E-state index contributed by atoms with van der Waals surface area (Å²) in [4.78, 5) is 24.6. The number of urea groups is 1. The normalized spacial score (nSPS) is 14.5. The number of nitrogens with one attached hydrogen (secondary N) is 1. The molecule has 0 unspecified atom stereocenters. The van der Waals surface area contributed by atoms with Crippen LogP contribution in [0.5, 0.6) is 5.75 Å². The number of anilines is 2. The molecule has 1 aromatic heterocycles. The number of nitrogens with zero attached hydrogens (tertiary/aromatic N) is 4. The number of rotatable bonds is 3. The largest absolute Gasteiger partial charge is 0.497 e. The van der Waals surface area contributed by atoms with Crippen molar-refractivity contribution in [3.63, 3.8) is 0 Å². The van der Waals surface area contributed by atoms with Crippen molar-refractivity contribution in [3.05, 3.63) is 42.9 Å². The van der Waals surface area contributed by atoms with Crippen LogP contribution in [0.2, 0.25) is 0 Å². The highest BCUT2D eigenvalue weighted by Crippen LogP contribution is 2.16. The van der Waals surface area contributed by atoms with Crippen molar-refractivity contribution in [1.82, 2.24) is 14.9 Å². The molecule has 7 nitrogen and oxygen atoms in total. The lowest BCUT2D eigenvalue weighted by Gasteiger charge is -2.35. The molecule has 2 amide bonds. The first-order valence-corrected chi connectivity index (χ1v) is 7.47. The summed E-state index contributed by atoms with van der Waals surface area (Å²) < 4.78 is 5.10. The summed E-state index contributed by atoms with van der Waals surface area (Å²) in [5, 5.41) is 2.90. The van der Waals surface area contributed by atoms with Gasteiger partial charge in [0.25, 0.3) is 0 Å². The van der Waals surface area contributed by atoms with Crippen LogP contribution >= 0.6 is 0 Å². The molecule has 1 fully saturated rings. The zero-order valence-corrected chi connectivity index (χ0v) is 13.0. The summed E-state index contributed by atoms with van der Waals surface area (Å²) >= 11 is 0. The van der Waals surface area contributed by atoms with Crippen LogP contribution in [0.3, 0.4) is 0 Å². The number of amides is 2. The molecule has 3 rings (SSSR count). The van der Waals surface area contributed by atoms with E-state index in [9.17, 15) is 4.79 Å². The number of carbonyl (C=O) groups excluding carboxylic acids is 1. The van der Waals surface area contributed by atoms with Gasteiger partial charge in [-0.05, 0) is 24.3 Å². The van der Waals surface area contributed by atoms with Gasteiger partial charge in [-0.15, -0.1) is 0 Å². The maximum Gasteiger partial charge on any atom is 0.321 e. The molecular weight excluding hydrogens is 294 g/mol. The summed E-state index contributed by atoms with van der Waals surface area (Å²) in [5.74, 6) is 1.61. The Morgan fingerprint density at radius 1 is 1.13 bits per heavy atom. The lowest BCUT2D eigenvalue weighted by Crippen LogP contribution is -2.50. The summed E-state index contributed by atoms with van der Waals surface area (Å²) in [6, 6.07) is 7.21. The predicted molar refractivity (Wildman–Crippen MR) is 87.8 cm³/mol. The fraction of sp³-hybridized carbons (Fsp3) is 0.312. The van der Waals surface area contributed by atoms with Crippen molar-refractivity contribution >= 4 is 17.5 Å². The molecule has 1 saturated heterocycles. The van der Waals surface area contributed by atoms with E-state index < -0.39 is 0 Å². The van der Waals surface area contributed by atoms with Gasteiger partial charge in [-0.25, -0.2) is 9.78 Å². The molecule has 0 radical (unpaired) electrons. The number of hydrogen-bond acceptors (Lipinski definition) is 5. The number of piperazine rings is 1. The molecule has 23 heavy (non-hydrogen) atoms. The monoisotopic (exact) mass is 313 g/mol. The summed E-state index contributed by atoms with van der Waals surface area (Å²) in [6.07, 6.45) is 5.08. The Balaban J connectivity index is 1.53. The van der Waals surface area contributed by atoms with Crippen molar-refractivity contribution in [2.24, 2.45) is 0 Å². The first-order chi connectivity index (χ1) is 11.3. The highest BCUT2D eigenvalue weighted by atomic mass is 16.5. The molecule has 0 bridgehead atoms. The minimum Gasteiger partial charge on any atom is -0.497 e. The van der Waals surface area contributed by atoms with E-state index in [1.807, 2.05) is 24.3 Å². The van der Waals surface area contributed by atoms with Crippen molar-refractivity contribution < 1.29 is 9.53 Å². The van der Waals surface area contributed by atoms with Gasteiger partial charge in [0.05, 0.1) is 13.3 Å². The number of carbonyl (C=O) groups is 1. The van der Waals surface area contributed by atoms with Crippen molar-refractivity contribution in [2.45, 2.75) is 0 Å². The van der Waals surface area contributed by atoms with Crippen LogP contribution in [0.1, 0.15) is 0 Å². The van der Waals surface area contributed by atoms with E-state index in [1.165, 1.54) is 0 Å². The first kappa shape index (κ1) is 15.1. The molecule has 1 aromatic carbocycles. The molecule has 7 heteroatoms. The Morgan fingerprint density at radius 3 is 2.48 bits per heavy atom. The molecule has 0 saturated carbocycles. The number of ether oxygens (including phenoxy) is 1. The maximum atomic E-state index is 12.3. The van der Waals surface area contributed by atoms with Crippen LogP contribution in [0, 0.1) is 0 Å². The van der Waals surface area contributed by atoms with E-state index in [-0.39, 0.29) is 6.03 Å². The lowest BCUT2D eigenvalue weighted by molar-refractivity contribution is 0.208. The number of methoxy groups -OCH3 is 1. The Labute approximate surface area is 134 Å². The zero-order valence-electron chi connectivity index (χ0n) is 13.0. The minimum atomic E-state index is -0.0889. The van der Waals surface area contributed by atoms with Crippen LogP contribution in [-0.4, -0.2) is 54.2 Å². The summed E-state index contributed by atoms with van der Waals surface area (Å²) in [6.45, 7) is 2.79. The van der Waals surface area contributed by atoms with Crippen molar-refractivity contribution in [2.75, 3.05) is 43.5 Å². The third kappa shape index (κ3) is 3.68. The molecule has 0 atom stereocenters. The van der Waals surface area contributed by atoms with Crippen LogP contribution in [0.15, 0.2) is 42.9 Å². The molecule has 1 aliphatic rings. The molecule has 1 N–H and O–H groups in total. The van der Waals surface area contributed by atoms with E-state index in [0.717, 1.165) is 30.3 Å². The van der Waals surface area contributed by atoms with Gasteiger partial charge in [-0.3, -0.25) is 4.98 Å². The summed E-state index contributed by atoms with van der Waals surface area (Å²) in [7, 11) is 1.62. The smallest absolute Gasteiger partial charge is 0.321 e. The van der Waals surface area contributed by atoms with E-state index in [4.69, 9.17) is 4.74 Å². The number of benzene rings is 1. The van der Waals surface area contributed by atoms with Crippen LogP contribution in [0.4, 0.5) is 16.3 Å². The Hall–Kier alpha value is -2.83. The highest BCUT2D eigenvalue weighted by molar-refractivity contribution is 5.89. The SMILES string of the molecule is COc1ccc(NC(=O)N2CCN(c3cnccn3)CC2)cc1. The first-order valence-electron chi connectivity index (χ1n) is 7.47. The van der Waals surface area contributed by atoms with Crippen molar-refractivity contribution in [1.29, 1.82) is 0 Å². The van der Waals surface area contributed by atoms with Crippen LogP contribution in [-0.2, 0) is 0 Å². The Morgan fingerprint density at radius 2 is 1.87 bits per heavy atom. The van der Waals surface area contributed by atoms with E-state index in [1.54, 1.807) is 30.6 Å². The standard InChI is InChI=1S/C16H19N5O2/c1-23-14-4-2-13(3-5-14)19-16(22)21-10-8-20(9-11-21)15-12-17-6-7-18-15/h2-7,12H,8-11H2,1H3,(H,19,22). The zero-order chi connectivity index (χ0) is 16.1. The van der Waals surface area contributed by atoms with Gasteiger partial charge >= 0.3 is 6.03 Å². The molecular formula is C16H19N5O2. The average Bonchev–Trinajstić information content (AvgIpc) is 2.63. The third-order valence-corrected chi connectivity index (χ3v) is 3.78. The second-order valence-electron chi connectivity index (χ2n) is 5.20. The molecule has 2 aromatic rings. The van der Waals surface area contributed by atoms with Gasteiger partial charge in [-0.1, -0.05) is 0 Å². The Bertz CT molecular complexity index is 639. The quantitative estimate of drug-likeness (QED) is 0.936. The molecule has 0 aliphatic carbocycles. The van der Waals surface area contributed by atoms with Gasteiger partial charge < -0.3 is 19.9 Å². The molecule has 0 spiro atoms. The second-order valence-corrected chi connectivity index (χ2v) is 5.20. The van der Waals surface area contributed by atoms with Crippen molar-refractivity contribution in [3.8, 4) is 5.75 Å². The van der Waals surface area contributed by atoms with Gasteiger partial charge in [-0.2, -0.15) is 0 Å². The molecule has 120 valence electrons. The fourth-order valence-corrected chi connectivity index (χ4v) is 2.47. The highest BCUT2D eigenvalue weighted by Gasteiger charge is 2.21. The topological polar surface area (TPSA) is 70.6 Å². The van der Waals surface area contributed by atoms with E-state index in [2.05, 4.69) is 20.2 Å². The van der Waals surface area contributed by atoms with Gasteiger partial charge in [0, 0.05) is 44.3 Å². The van der Waals surface area contributed by atoms with Crippen LogP contribution in [0.25, 0.3) is 0 Å². The number of hydrogen-bond donors (Lipinski definition) is 1. The fourth-order valence-electron chi connectivity index (χ4n) is 2.47. The third-order valence-electron chi connectivity index (χ3n) is 3.78. The maximum absolute atomic E-state index is 12.3. The van der Waals surface area contributed by atoms with Gasteiger partial charge in [0.1, 0.15) is 11.6 Å². The van der Waals surface area contributed by atoms with Gasteiger partial charge in [0.15, 0.2) is 0 Å². The lowest BCUT2D eigenvalue weighted by atomic mass is 10.3. The van der Waals surface area contributed by atoms with Crippen LogP contribution < -0.4 is 15.0 Å². The molecule has 1 aliphatic heterocycles. The second kappa shape index (κ2) is 6.95.